The summed E-state index contributed by atoms with van der Waals surface area (Å²) in [6.07, 6.45) is 1.16. The molecular formula is C14H26ClN3O3S2. The van der Waals surface area contributed by atoms with Crippen LogP contribution in [0, 0.1) is 5.92 Å². The first-order chi connectivity index (χ1) is 10.6. The molecule has 1 aromatic heterocycles. The van der Waals surface area contributed by atoms with Crippen molar-refractivity contribution in [2.24, 2.45) is 17.4 Å². The van der Waals surface area contributed by atoms with Gasteiger partial charge in [-0.15, -0.1) is 11.3 Å². The molecule has 0 radical (unpaired) electrons. The molecule has 5 N–H and O–H groups in total. The van der Waals surface area contributed by atoms with Crippen molar-refractivity contribution in [3.8, 4) is 0 Å². The molecule has 0 saturated heterocycles. The van der Waals surface area contributed by atoms with Crippen molar-refractivity contribution in [1.82, 2.24) is 4.72 Å². The molecule has 0 aromatic carbocycles. The highest BCUT2D eigenvalue weighted by atomic mass is 35.5. The van der Waals surface area contributed by atoms with E-state index in [1.807, 2.05) is 0 Å². The fourth-order valence-electron chi connectivity index (χ4n) is 1.28. The summed E-state index contributed by atoms with van der Waals surface area (Å²) >= 11 is 6.81. The van der Waals surface area contributed by atoms with Crippen LogP contribution in [0.1, 0.15) is 27.2 Å². The van der Waals surface area contributed by atoms with E-state index in [-0.39, 0.29) is 11.8 Å². The van der Waals surface area contributed by atoms with Crippen LogP contribution < -0.4 is 16.2 Å². The lowest BCUT2D eigenvalue weighted by molar-refractivity contribution is -0.118. The summed E-state index contributed by atoms with van der Waals surface area (Å²) < 4.78 is 14.1. The van der Waals surface area contributed by atoms with Gasteiger partial charge in [0.15, 0.2) is 0 Å². The lowest BCUT2D eigenvalue weighted by atomic mass is 10.0. The van der Waals surface area contributed by atoms with E-state index in [0.29, 0.717) is 21.6 Å². The normalized spacial score (nSPS) is 13.6. The number of carbonyl (C=O) groups excluding carboxylic acids is 2. The maximum Gasteiger partial charge on any atom is 0.218 e. The Morgan fingerprint density at radius 3 is 2.30 bits per heavy atom. The molecule has 1 aromatic rings. The van der Waals surface area contributed by atoms with Crippen LogP contribution >= 0.6 is 22.9 Å². The van der Waals surface area contributed by atoms with Crippen LogP contribution in [-0.4, -0.2) is 35.4 Å². The van der Waals surface area contributed by atoms with Gasteiger partial charge in [-0.2, -0.15) is 0 Å². The first-order valence-electron chi connectivity index (χ1n) is 6.76. The average molecular weight is 384 g/mol. The Morgan fingerprint density at radius 2 is 2.04 bits per heavy atom. The number of thiophene rings is 1. The van der Waals surface area contributed by atoms with Gasteiger partial charge in [-0.3, -0.25) is 14.3 Å². The number of hydrogen-bond acceptors (Lipinski definition) is 6. The van der Waals surface area contributed by atoms with E-state index in [1.165, 1.54) is 31.4 Å². The summed E-state index contributed by atoms with van der Waals surface area (Å²) in [7, 11) is -1.17. The molecule has 0 aliphatic carbocycles. The summed E-state index contributed by atoms with van der Waals surface area (Å²) in [5, 5.41) is 2.13. The van der Waals surface area contributed by atoms with E-state index >= 15 is 0 Å². The second kappa shape index (κ2) is 12.5. The standard InChI is InChI=1S/C7H15NO.C6H6ClNO2S2.CH5N/c1-5(2)4-7(8)6(3)9;1-12(10,8-4-9)6-2-5(7)3-11-6;1-2/h5,7H,4,8H2,1-3H3;2-4H,1H2,(H,8,9,10);2H2,1H3. The summed E-state index contributed by atoms with van der Waals surface area (Å²) in [5.41, 5.74) is 9.97. The molecule has 0 saturated carbocycles. The SMILES string of the molecule is C=S(=O)(NC=O)c1cc(Cl)cs1.CC(=O)C(N)CC(C)C.CN. The summed E-state index contributed by atoms with van der Waals surface area (Å²) in [4.78, 5) is 20.6. The van der Waals surface area contributed by atoms with Gasteiger partial charge in [-0.1, -0.05) is 25.4 Å². The molecule has 0 aliphatic rings. The highest BCUT2D eigenvalue weighted by molar-refractivity contribution is 8.00. The first-order valence-corrected chi connectivity index (χ1v) is 9.74. The number of ketones is 1. The Balaban J connectivity index is 0. The minimum atomic E-state index is -2.67. The van der Waals surface area contributed by atoms with E-state index < -0.39 is 9.71 Å². The predicted molar refractivity (Wildman–Crippen MR) is 100 cm³/mol. The molecule has 0 bridgehead atoms. The van der Waals surface area contributed by atoms with Crippen molar-refractivity contribution in [1.29, 1.82) is 0 Å². The first kappa shape index (κ1) is 24.3. The van der Waals surface area contributed by atoms with Crippen LogP contribution in [0.4, 0.5) is 0 Å². The van der Waals surface area contributed by atoms with Crippen LogP contribution in [0.15, 0.2) is 15.7 Å². The van der Waals surface area contributed by atoms with Gasteiger partial charge in [0, 0.05) is 5.38 Å². The molecule has 0 spiro atoms. The molecule has 9 heteroatoms. The molecule has 1 heterocycles. The number of Topliss-reactive ketones (excluding diaryl/α,β-unsaturated/α-hetero) is 1. The summed E-state index contributed by atoms with van der Waals surface area (Å²) in [5.74, 6) is 3.98. The Labute approximate surface area is 147 Å². The molecule has 1 rings (SSSR count). The fourth-order valence-corrected chi connectivity index (χ4v) is 3.64. The van der Waals surface area contributed by atoms with Crippen LogP contribution in [0.3, 0.4) is 0 Å². The number of carbonyl (C=O) groups is 2. The third-order valence-corrected chi connectivity index (χ3v) is 5.77. The van der Waals surface area contributed by atoms with Crippen molar-refractivity contribution in [3.63, 3.8) is 0 Å². The zero-order valence-electron chi connectivity index (χ0n) is 13.9. The number of hydrogen-bond donors (Lipinski definition) is 3. The average Bonchev–Trinajstić information content (AvgIpc) is 2.88. The van der Waals surface area contributed by atoms with E-state index in [2.05, 4.69) is 30.2 Å². The molecule has 6 nitrogen and oxygen atoms in total. The molecular weight excluding hydrogens is 358 g/mol. The van der Waals surface area contributed by atoms with E-state index in [1.54, 1.807) is 5.38 Å². The number of nitrogens with one attached hydrogen (secondary N) is 1. The zero-order valence-corrected chi connectivity index (χ0v) is 16.3. The van der Waals surface area contributed by atoms with E-state index in [0.717, 1.165) is 6.42 Å². The van der Waals surface area contributed by atoms with E-state index in [9.17, 15) is 13.8 Å². The van der Waals surface area contributed by atoms with Gasteiger partial charge in [0.1, 0.15) is 9.99 Å². The number of halogens is 1. The van der Waals surface area contributed by atoms with Crippen molar-refractivity contribution in [2.75, 3.05) is 7.05 Å². The third kappa shape index (κ3) is 11.3. The van der Waals surface area contributed by atoms with Crippen LogP contribution in [-0.2, 0) is 19.3 Å². The molecule has 0 fully saturated rings. The molecule has 2 unspecified atom stereocenters. The van der Waals surface area contributed by atoms with Gasteiger partial charge in [0.2, 0.25) is 6.41 Å². The summed E-state index contributed by atoms with van der Waals surface area (Å²) in [6.45, 7) is 5.65. The smallest absolute Gasteiger partial charge is 0.218 e. The van der Waals surface area contributed by atoms with Crippen molar-refractivity contribution >= 4 is 50.7 Å². The number of rotatable bonds is 6. The minimum Gasteiger partial charge on any atom is -0.333 e. The van der Waals surface area contributed by atoms with Crippen LogP contribution in [0.25, 0.3) is 0 Å². The molecule has 23 heavy (non-hydrogen) atoms. The number of amides is 1. The fraction of sp³-hybridized carbons (Fsp3) is 0.500. The molecule has 1 amide bonds. The van der Waals surface area contributed by atoms with Gasteiger partial charge < -0.3 is 11.5 Å². The molecule has 0 aliphatic heterocycles. The van der Waals surface area contributed by atoms with Crippen molar-refractivity contribution in [3.05, 3.63) is 16.5 Å². The second-order valence-corrected chi connectivity index (χ2v) is 8.47. The highest BCUT2D eigenvalue weighted by Gasteiger charge is 2.09. The highest BCUT2D eigenvalue weighted by Crippen LogP contribution is 2.22. The Morgan fingerprint density at radius 1 is 1.52 bits per heavy atom. The van der Waals surface area contributed by atoms with Gasteiger partial charge in [-0.05, 0) is 38.2 Å². The summed E-state index contributed by atoms with van der Waals surface area (Å²) in [6, 6.07) is 1.28. The van der Waals surface area contributed by atoms with Gasteiger partial charge in [-0.25, -0.2) is 4.21 Å². The lowest BCUT2D eigenvalue weighted by Gasteiger charge is -2.08. The topological polar surface area (TPSA) is 115 Å². The number of nitrogens with two attached hydrogens (primary N) is 2. The zero-order chi connectivity index (χ0) is 18.6. The third-order valence-electron chi connectivity index (χ3n) is 2.35. The minimum absolute atomic E-state index is 0.0868. The molecule has 134 valence electrons. The van der Waals surface area contributed by atoms with E-state index in [4.69, 9.17) is 17.3 Å². The van der Waals surface area contributed by atoms with Crippen LogP contribution in [0.2, 0.25) is 5.02 Å². The maximum atomic E-state index is 11.5. The van der Waals surface area contributed by atoms with Crippen molar-refractivity contribution < 1.29 is 13.8 Å². The quantitative estimate of drug-likeness (QED) is 0.510. The van der Waals surface area contributed by atoms with Gasteiger partial charge in [0.05, 0.1) is 20.8 Å². The van der Waals surface area contributed by atoms with Gasteiger partial charge >= 0.3 is 0 Å². The molecule has 2 atom stereocenters. The Hall–Kier alpha value is -0.930. The largest absolute Gasteiger partial charge is 0.333 e. The second-order valence-electron chi connectivity index (χ2n) is 4.84. The van der Waals surface area contributed by atoms with Crippen LogP contribution in [0.5, 0.6) is 0 Å². The Bertz CT molecular complexity index is 572. The monoisotopic (exact) mass is 383 g/mol. The maximum absolute atomic E-state index is 11.5. The van der Waals surface area contributed by atoms with Crippen molar-refractivity contribution in [2.45, 2.75) is 37.4 Å². The Kier molecular flexibility index (Phi) is 13.2. The lowest BCUT2D eigenvalue weighted by Crippen LogP contribution is -2.29. The van der Waals surface area contributed by atoms with Gasteiger partial charge in [0.25, 0.3) is 0 Å². The predicted octanol–water partition coefficient (Wildman–Crippen LogP) is 1.66.